The summed E-state index contributed by atoms with van der Waals surface area (Å²) in [4.78, 5) is -0.241. The highest BCUT2D eigenvalue weighted by atomic mass is 35.5. The SMILES string of the molecule is Nc1ccc(Cl)cc1S(=O)(=O)Nc1ccc(F)c(F)c1. The van der Waals surface area contributed by atoms with E-state index in [4.69, 9.17) is 17.3 Å². The molecule has 4 nitrogen and oxygen atoms in total. The number of nitrogens with two attached hydrogens (primary N) is 1. The van der Waals surface area contributed by atoms with E-state index in [0.29, 0.717) is 0 Å². The Morgan fingerprint density at radius 1 is 1.05 bits per heavy atom. The smallest absolute Gasteiger partial charge is 0.263 e. The van der Waals surface area contributed by atoms with E-state index in [2.05, 4.69) is 4.72 Å². The van der Waals surface area contributed by atoms with Gasteiger partial charge in [0.2, 0.25) is 0 Å². The highest BCUT2D eigenvalue weighted by molar-refractivity contribution is 7.92. The van der Waals surface area contributed by atoms with E-state index >= 15 is 0 Å². The van der Waals surface area contributed by atoms with E-state index in [-0.39, 0.29) is 21.3 Å². The Hall–Kier alpha value is -1.86. The minimum Gasteiger partial charge on any atom is -0.398 e. The number of nitrogens with one attached hydrogen (secondary N) is 1. The molecule has 8 heteroatoms. The highest BCUT2D eigenvalue weighted by Gasteiger charge is 2.18. The van der Waals surface area contributed by atoms with Crippen molar-refractivity contribution in [3.8, 4) is 0 Å². The summed E-state index contributed by atoms with van der Waals surface area (Å²) in [7, 11) is -4.04. The van der Waals surface area contributed by atoms with Crippen LogP contribution in [-0.4, -0.2) is 8.42 Å². The standard InChI is InChI=1S/C12H9ClF2N2O2S/c13-7-1-4-11(16)12(5-7)20(18,19)17-8-2-3-9(14)10(15)6-8/h1-6,17H,16H2. The van der Waals surface area contributed by atoms with Crippen molar-refractivity contribution in [2.24, 2.45) is 0 Å². The van der Waals surface area contributed by atoms with Gasteiger partial charge in [0, 0.05) is 11.1 Å². The molecule has 2 aromatic carbocycles. The number of hydrogen-bond donors (Lipinski definition) is 2. The third kappa shape index (κ3) is 3.00. The summed E-state index contributed by atoms with van der Waals surface area (Å²) in [5.41, 5.74) is 5.44. The second-order valence-corrected chi connectivity index (χ2v) is 6.00. The lowest BCUT2D eigenvalue weighted by atomic mass is 10.3. The molecule has 0 heterocycles. The zero-order valence-electron chi connectivity index (χ0n) is 9.90. The second-order valence-electron chi connectivity index (χ2n) is 3.92. The molecule has 2 aromatic rings. The Kier molecular flexibility index (Phi) is 3.82. The van der Waals surface area contributed by atoms with Crippen LogP contribution in [0, 0.1) is 11.6 Å². The summed E-state index contributed by atoms with van der Waals surface area (Å²) in [6.07, 6.45) is 0. The van der Waals surface area contributed by atoms with E-state index in [1.54, 1.807) is 0 Å². The molecular formula is C12H9ClF2N2O2S. The van der Waals surface area contributed by atoms with Gasteiger partial charge in [0.15, 0.2) is 11.6 Å². The first-order chi connectivity index (χ1) is 9.29. The normalized spacial score (nSPS) is 11.3. The van der Waals surface area contributed by atoms with Crippen LogP contribution < -0.4 is 10.5 Å². The summed E-state index contributed by atoms with van der Waals surface area (Å²) in [6.45, 7) is 0. The van der Waals surface area contributed by atoms with Gasteiger partial charge in [-0.3, -0.25) is 4.72 Å². The van der Waals surface area contributed by atoms with E-state index in [1.807, 2.05) is 0 Å². The molecule has 0 amide bonds. The van der Waals surface area contributed by atoms with Gasteiger partial charge in [-0.1, -0.05) is 11.6 Å². The average molecular weight is 319 g/mol. The number of halogens is 3. The first kappa shape index (κ1) is 14.5. The summed E-state index contributed by atoms with van der Waals surface area (Å²) in [5.74, 6) is -2.24. The van der Waals surface area contributed by atoms with Crippen molar-refractivity contribution in [3.05, 3.63) is 53.1 Å². The van der Waals surface area contributed by atoms with Crippen LogP contribution in [0.5, 0.6) is 0 Å². The van der Waals surface area contributed by atoms with Crippen LogP contribution in [0.1, 0.15) is 0 Å². The lowest BCUT2D eigenvalue weighted by molar-refractivity contribution is 0.509. The molecule has 20 heavy (non-hydrogen) atoms. The number of nitrogen functional groups attached to an aromatic ring is 1. The van der Waals surface area contributed by atoms with Gasteiger partial charge in [-0.2, -0.15) is 0 Å². The fourth-order valence-electron chi connectivity index (χ4n) is 1.51. The predicted molar refractivity (Wildman–Crippen MR) is 73.0 cm³/mol. The molecule has 0 atom stereocenters. The third-order valence-electron chi connectivity index (χ3n) is 2.44. The molecule has 0 aliphatic heterocycles. The Morgan fingerprint density at radius 2 is 1.75 bits per heavy atom. The van der Waals surface area contributed by atoms with Crippen molar-refractivity contribution in [1.29, 1.82) is 0 Å². The number of hydrogen-bond acceptors (Lipinski definition) is 3. The monoisotopic (exact) mass is 318 g/mol. The summed E-state index contributed by atoms with van der Waals surface area (Å²) >= 11 is 5.71. The molecule has 0 aliphatic rings. The van der Waals surface area contributed by atoms with Gasteiger partial charge >= 0.3 is 0 Å². The molecule has 0 unspecified atom stereocenters. The van der Waals surface area contributed by atoms with Crippen LogP contribution in [0.3, 0.4) is 0 Å². The fourth-order valence-corrected chi connectivity index (χ4v) is 2.96. The van der Waals surface area contributed by atoms with Crippen LogP contribution >= 0.6 is 11.6 Å². The van der Waals surface area contributed by atoms with Gasteiger partial charge in [0.25, 0.3) is 10.0 Å². The van der Waals surface area contributed by atoms with E-state index < -0.39 is 21.7 Å². The molecular weight excluding hydrogens is 310 g/mol. The molecule has 106 valence electrons. The second kappa shape index (κ2) is 5.26. The number of rotatable bonds is 3. The molecule has 0 saturated heterocycles. The Balaban J connectivity index is 2.40. The minimum absolute atomic E-state index is 0.00974. The summed E-state index contributed by atoms with van der Waals surface area (Å²) in [5, 5.41) is 0.185. The Morgan fingerprint density at radius 3 is 2.40 bits per heavy atom. The Labute approximate surface area is 119 Å². The van der Waals surface area contributed by atoms with Crippen LogP contribution in [0.25, 0.3) is 0 Å². The zero-order chi connectivity index (χ0) is 14.9. The third-order valence-corrected chi connectivity index (χ3v) is 4.11. The maximum atomic E-state index is 13.0. The predicted octanol–water partition coefficient (Wildman–Crippen LogP) is 3.00. The van der Waals surface area contributed by atoms with Crippen LogP contribution in [0.2, 0.25) is 5.02 Å². The lowest BCUT2D eigenvalue weighted by Crippen LogP contribution is -2.15. The zero-order valence-corrected chi connectivity index (χ0v) is 11.5. The van der Waals surface area contributed by atoms with Crippen LogP contribution in [0.4, 0.5) is 20.2 Å². The Bertz CT molecular complexity index is 766. The topological polar surface area (TPSA) is 72.2 Å². The van der Waals surface area contributed by atoms with Crippen molar-refractivity contribution < 1.29 is 17.2 Å². The number of benzene rings is 2. The quantitative estimate of drug-likeness (QED) is 0.854. The fraction of sp³-hybridized carbons (Fsp3) is 0. The maximum absolute atomic E-state index is 13.0. The number of sulfonamides is 1. The molecule has 0 fully saturated rings. The van der Waals surface area contributed by atoms with Gasteiger partial charge in [0.05, 0.1) is 11.4 Å². The van der Waals surface area contributed by atoms with Gasteiger partial charge in [-0.25, -0.2) is 17.2 Å². The number of anilines is 2. The minimum atomic E-state index is -4.04. The van der Waals surface area contributed by atoms with Crippen molar-refractivity contribution in [3.63, 3.8) is 0 Å². The maximum Gasteiger partial charge on any atom is 0.263 e. The lowest BCUT2D eigenvalue weighted by Gasteiger charge is -2.10. The van der Waals surface area contributed by atoms with Crippen LogP contribution in [0.15, 0.2) is 41.3 Å². The van der Waals surface area contributed by atoms with Crippen molar-refractivity contribution in [2.45, 2.75) is 4.90 Å². The van der Waals surface area contributed by atoms with Crippen molar-refractivity contribution in [2.75, 3.05) is 10.5 Å². The molecule has 0 spiro atoms. The molecule has 0 saturated carbocycles. The molecule has 0 radical (unpaired) electrons. The molecule has 2 rings (SSSR count). The van der Waals surface area contributed by atoms with E-state index in [9.17, 15) is 17.2 Å². The largest absolute Gasteiger partial charge is 0.398 e. The van der Waals surface area contributed by atoms with Crippen molar-refractivity contribution >= 4 is 33.0 Å². The molecule has 3 N–H and O–H groups in total. The van der Waals surface area contributed by atoms with Crippen LogP contribution in [-0.2, 0) is 10.0 Å². The molecule has 0 aromatic heterocycles. The van der Waals surface area contributed by atoms with E-state index in [1.165, 1.54) is 18.2 Å². The van der Waals surface area contributed by atoms with Gasteiger partial charge in [-0.15, -0.1) is 0 Å². The average Bonchev–Trinajstić information content (AvgIpc) is 2.36. The van der Waals surface area contributed by atoms with Crippen molar-refractivity contribution in [1.82, 2.24) is 0 Å². The first-order valence-electron chi connectivity index (χ1n) is 5.32. The highest BCUT2D eigenvalue weighted by Crippen LogP contribution is 2.25. The summed E-state index contributed by atoms with van der Waals surface area (Å²) in [6, 6.07) is 6.58. The first-order valence-corrected chi connectivity index (χ1v) is 7.18. The van der Waals surface area contributed by atoms with Gasteiger partial charge < -0.3 is 5.73 Å². The van der Waals surface area contributed by atoms with Gasteiger partial charge in [0.1, 0.15) is 4.90 Å². The van der Waals surface area contributed by atoms with E-state index in [0.717, 1.165) is 18.2 Å². The van der Waals surface area contributed by atoms with Gasteiger partial charge in [-0.05, 0) is 30.3 Å². The molecule has 0 bridgehead atoms. The summed E-state index contributed by atoms with van der Waals surface area (Å²) < 4.78 is 52.1. The molecule has 0 aliphatic carbocycles.